The number of hydrogen-bond donors (Lipinski definition) is 2. The molecule has 1 saturated carbocycles. The zero-order valence-electron chi connectivity index (χ0n) is 13.5. The molecule has 0 aromatic heterocycles. The Balaban J connectivity index is 1.83. The molecular weight excluding hydrogens is 288 g/mol. The van der Waals surface area contributed by atoms with Crippen molar-refractivity contribution in [2.75, 3.05) is 0 Å². The van der Waals surface area contributed by atoms with Gasteiger partial charge in [0.2, 0.25) is 0 Å². The predicted octanol–water partition coefficient (Wildman–Crippen LogP) is 4.53. The topological polar surface area (TPSA) is 49.7 Å². The Morgan fingerprint density at radius 2 is 1.96 bits per heavy atom. The quantitative estimate of drug-likeness (QED) is 0.798. The lowest BCUT2D eigenvalue weighted by Gasteiger charge is -2.19. The normalized spacial score (nSPS) is 22.6. The second-order valence-corrected chi connectivity index (χ2v) is 6.53. The molecule has 120 valence electrons. The Labute approximate surface area is 136 Å². The number of benzene rings is 2. The molecule has 0 heterocycles. The van der Waals surface area contributed by atoms with Crippen molar-refractivity contribution in [3.8, 4) is 17.2 Å². The number of allylic oxidation sites excluding steroid dienone is 1. The van der Waals surface area contributed by atoms with Gasteiger partial charge >= 0.3 is 0 Å². The largest absolute Gasteiger partial charge is 0.508 e. The van der Waals surface area contributed by atoms with Crippen molar-refractivity contribution in [2.24, 2.45) is 5.92 Å². The molecule has 0 spiro atoms. The predicted molar refractivity (Wildman–Crippen MR) is 90.8 cm³/mol. The van der Waals surface area contributed by atoms with Gasteiger partial charge in [0.05, 0.1) is 0 Å². The summed E-state index contributed by atoms with van der Waals surface area (Å²) in [4.78, 5) is 0. The third-order valence-electron chi connectivity index (χ3n) is 4.79. The highest BCUT2D eigenvalue weighted by atomic mass is 16.5. The van der Waals surface area contributed by atoms with Crippen LogP contribution in [0.25, 0.3) is 0 Å². The van der Waals surface area contributed by atoms with Crippen LogP contribution in [0.15, 0.2) is 54.6 Å². The van der Waals surface area contributed by atoms with E-state index >= 15 is 0 Å². The molecule has 0 saturated heterocycles. The van der Waals surface area contributed by atoms with Crippen LogP contribution in [0.3, 0.4) is 0 Å². The standard InChI is InChI=1S/C20H22O3/c1-13(2)20(11-14(20)3)16-7-15(8-18(22)9-16)12-23-19-6-4-5-17(21)10-19/h4-10,14,21-22H,1,11-12H2,2-3H3. The molecule has 3 heteroatoms. The first-order chi connectivity index (χ1) is 10.9. The number of phenols is 2. The van der Waals surface area contributed by atoms with E-state index in [1.54, 1.807) is 30.3 Å². The molecule has 1 fully saturated rings. The van der Waals surface area contributed by atoms with Crippen molar-refractivity contribution in [1.82, 2.24) is 0 Å². The number of hydrogen-bond acceptors (Lipinski definition) is 3. The fourth-order valence-corrected chi connectivity index (χ4v) is 3.42. The van der Waals surface area contributed by atoms with Crippen LogP contribution in [0.1, 0.15) is 31.4 Å². The molecule has 1 aliphatic rings. The number of phenolic OH excluding ortho intramolecular Hbond substituents is 2. The van der Waals surface area contributed by atoms with Crippen LogP contribution in [-0.4, -0.2) is 10.2 Å². The zero-order chi connectivity index (χ0) is 16.6. The highest BCUT2D eigenvalue weighted by Gasteiger charge is 2.53. The lowest BCUT2D eigenvalue weighted by molar-refractivity contribution is 0.303. The van der Waals surface area contributed by atoms with Crippen LogP contribution in [-0.2, 0) is 12.0 Å². The van der Waals surface area contributed by atoms with Crippen molar-refractivity contribution < 1.29 is 14.9 Å². The first kappa shape index (κ1) is 15.5. The van der Waals surface area contributed by atoms with Gasteiger partial charge in [-0.2, -0.15) is 0 Å². The van der Waals surface area contributed by atoms with E-state index in [9.17, 15) is 10.2 Å². The molecule has 0 amide bonds. The van der Waals surface area contributed by atoms with E-state index in [0.717, 1.165) is 23.1 Å². The minimum Gasteiger partial charge on any atom is -0.508 e. The van der Waals surface area contributed by atoms with Crippen LogP contribution in [0.4, 0.5) is 0 Å². The molecular formula is C20H22O3. The molecule has 0 aliphatic heterocycles. The molecule has 2 N–H and O–H groups in total. The maximum absolute atomic E-state index is 10.1. The van der Waals surface area contributed by atoms with Gasteiger partial charge in [0.25, 0.3) is 0 Å². The highest BCUT2D eigenvalue weighted by Crippen LogP contribution is 2.58. The average molecular weight is 310 g/mol. The maximum Gasteiger partial charge on any atom is 0.123 e. The summed E-state index contributed by atoms with van der Waals surface area (Å²) in [6, 6.07) is 12.3. The van der Waals surface area contributed by atoms with Crippen LogP contribution >= 0.6 is 0 Å². The summed E-state index contributed by atoms with van der Waals surface area (Å²) in [5.41, 5.74) is 3.13. The minimum atomic E-state index is -0.0154. The number of ether oxygens (including phenoxy) is 1. The van der Waals surface area contributed by atoms with Crippen molar-refractivity contribution in [2.45, 2.75) is 32.3 Å². The second kappa shape index (κ2) is 5.65. The van der Waals surface area contributed by atoms with E-state index in [-0.39, 0.29) is 16.9 Å². The molecule has 1 aliphatic carbocycles. The molecule has 2 unspecified atom stereocenters. The Bertz CT molecular complexity index is 750. The highest BCUT2D eigenvalue weighted by molar-refractivity contribution is 5.47. The lowest BCUT2D eigenvalue weighted by atomic mass is 9.86. The van der Waals surface area contributed by atoms with Crippen LogP contribution in [0, 0.1) is 5.92 Å². The first-order valence-corrected chi connectivity index (χ1v) is 7.83. The molecule has 23 heavy (non-hydrogen) atoms. The third-order valence-corrected chi connectivity index (χ3v) is 4.79. The van der Waals surface area contributed by atoms with Gasteiger partial charge in [-0.05, 0) is 54.7 Å². The van der Waals surface area contributed by atoms with Crippen LogP contribution in [0.5, 0.6) is 17.2 Å². The summed E-state index contributed by atoms with van der Waals surface area (Å²) in [7, 11) is 0. The van der Waals surface area contributed by atoms with Gasteiger partial charge in [0, 0.05) is 11.5 Å². The smallest absolute Gasteiger partial charge is 0.123 e. The van der Waals surface area contributed by atoms with Gasteiger partial charge in [0.15, 0.2) is 0 Å². The van der Waals surface area contributed by atoms with E-state index in [0.29, 0.717) is 18.3 Å². The summed E-state index contributed by atoms with van der Waals surface area (Å²) in [6.07, 6.45) is 1.07. The second-order valence-electron chi connectivity index (χ2n) is 6.53. The number of rotatable bonds is 5. The van der Waals surface area contributed by atoms with Gasteiger partial charge < -0.3 is 14.9 Å². The van der Waals surface area contributed by atoms with Crippen LogP contribution < -0.4 is 4.74 Å². The Kier molecular flexibility index (Phi) is 3.80. The lowest BCUT2D eigenvalue weighted by Crippen LogP contribution is -2.11. The average Bonchev–Trinajstić information content (AvgIpc) is 3.18. The van der Waals surface area contributed by atoms with Gasteiger partial charge in [0.1, 0.15) is 23.9 Å². The SMILES string of the molecule is C=C(C)C1(c2cc(O)cc(COc3cccc(O)c3)c2)CC1C. The Hall–Kier alpha value is -2.42. The van der Waals surface area contributed by atoms with Gasteiger partial charge in [-0.3, -0.25) is 0 Å². The molecule has 0 bridgehead atoms. The van der Waals surface area contributed by atoms with E-state index in [4.69, 9.17) is 4.74 Å². The fourth-order valence-electron chi connectivity index (χ4n) is 3.42. The molecule has 0 radical (unpaired) electrons. The van der Waals surface area contributed by atoms with E-state index in [2.05, 4.69) is 26.5 Å². The molecule has 3 nitrogen and oxygen atoms in total. The van der Waals surface area contributed by atoms with Crippen molar-refractivity contribution in [3.05, 3.63) is 65.7 Å². The molecule has 2 atom stereocenters. The molecule has 2 aromatic rings. The summed E-state index contributed by atoms with van der Waals surface area (Å²) in [6.45, 7) is 8.74. The Morgan fingerprint density at radius 3 is 2.57 bits per heavy atom. The fraction of sp³-hybridized carbons (Fsp3) is 0.300. The number of aromatic hydroxyl groups is 2. The molecule has 2 aromatic carbocycles. The minimum absolute atomic E-state index is 0.0154. The van der Waals surface area contributed by atoms with Crippen molar-refractivity contribution >= 4 is 0 Å². The van der Waals surface area contributed by atoms with Gasteiger partial charge in [-0.1, -0.05) is 31.2 Å². The maximum atomic E-state index is 10.1. The van der Waals surface area contributed by atoms with Crippen molar-refractivity contribution in [3.63, 3.8) is 0 Å². The zero-order valence-corrected chi connectivity index (χ0v) is 13.5. The van der Waals surface area contributed by atoms with Crippen LogP contribution in [0.2, 0.25) is 0 Å². The summed E-state index contributed by atoms with van der Waals surface area (Å²) < 4.78 is 5.71. The summed E-state index contributed by atoms with van der Waals surface area (Å²) >= 11 is 0. The van der Waals surface area contributed by atoms with E-state index in [1.165, 1.54) is 0 Å². The monoisotopic (exact) mass is 310 g/mol. The third kappa shape index (κ3) is 2.91. The van der Waals surface area contributed by atoms with E-state index in [1.807, 2.05) is 6.07 Å². The van der Waals surface area contributed by atoms with Gasteiger partial charge in [-0.15, -0.1) is 0 Å². The molecule has 3 rings (SSSR count). The van der Waals surface area contributed by atoms with E-state index < -0.39 is 0 Å². The Morgan fingerprint density at radius 1 is 1.22 bits per heavy atom. The summed E-state index contributed by atoms with van der Waals surface area (Å²) in [5.74, 6) is 1.56. The van der Waals surface area contributed by atoms with Crippen molar-refractivity contribution in [1.29, 1.82) is 0 Å². The van der Waals surface area contributed by atoms with Gasteiger partial charge in [-0.25, -0.2) is 0 Å². The summed E-state index contributed by atoms with van der Waals surface area (Å²) in [5, 5.41) is 19.5. The first-order valence-electron chi connectivity index (χ1n) is 7.83.